The van der Waals surface area contributed by atoms with Crippen LogP contribution >= 0.6 is 0 Å². The molecule has 1 heterocycles. The van der Waals surface area contributed by atoms with Crippen LogP contribution in [0.4, 0.5) is 0 Å². The second-order valence-corrected chi connectivity index (χ2v) is 3.65. The number of carbonyl (C=O) groups excluding carboxylic acids is 1. The number of nitrogens with two attached hydrogens (primary N) is 1. The first-order valence-corrected chi connectivity index (χ1v) is 4.19. The fourth-order valence-corrected chi connectivity index (χ4v) is 2.26. The van der Waals surface area contributed by atoms with Gasteiger partial charge in [-0.2, -0.15) is 0 Å². The quantitative estimate of drug-likeness (QED) is 0.562. The minimum atomic E-state index is 0.216. The number of carbonyl (C=O) groups is 1. The van der Waals surface area contributed by atoms with Gasteiger partial charge in [0.25, 0.3) is 0 Å². The molecule has 0 aromatic heterocycles. The van der Waals surface area contributed by atoms with Gasteiger partial charge >= 0.3 is 0 Å². The van der Waals surface area contributed by atoms with E-state index in [9.17, 15) is 4.79 Å². The van der Waals surface area contributed by atoms with Crippen molar-refractivity contribution >= 4 is 5.91 Å². The van der Waals surface area contributed by atoms with Crippen molar-refractivity contribution in [3.05, 3.63) is 0 Å². The third kappa shape index (κ3) is 0.948. The zero-order chi connectivity index (χ0) is 8.01. The first-order chi connectivity index (χ1) is 5.24. The molecule has 1 aliphatic carbocycles. The molecule has 3 heteroatoms. The number of nitrogens with zero attached hydrogens (tertiary/aromatic N) is 1. The molecular formula is C8H14N2O. The highest BCUT2D eigenvalue weighted by Crippen LogP contribution is 2.50. The lowest BCUT2D eigenvalue weighted by atomic mass is 10.2. The second-order valence-electron chi connectivity index (χ2n) is 3.65. The molecule has 0 aromatic carbocycles. The van der Waals surface area contributed by atoms with Crippen LogP contribution in [-0.2, 0) is 4.79 Å². The summed E-state index contributed by atoms with van der Waals surface area (Å²) in [6.45, 7) is 4.37. The van der Waals surface area contributed by atoms with Crippen LogP contribution in [0.2, 0.25) is 0 Å². The van der Waals surface area contributed by atoms with Gasteiger partial charge in [-0.3, -0.25) is 4.79 Å². The predicted molar refractivity (Wildman–Crippen MR) is 41.8 cm³/mol. The molecule has 2 aliphatic rings. The van der Waals surface area contributed by atoms with Crippen molar-refractivity contribution < 1.29 is 4.79 Å². The van der Waals surface area contributed by atoms with E-state index in [0.29, 0.717) is 0 Å². The Morgan fingerprint density at radius 1 is 1.55 bits per heavy atom. The van der Waals surface area contributed by atoms with E-state index >= 15 is 0 Å². The first-order valence-electron chi connectivity index (χ1n) is 4.19. The fourth-order valence-electron chi connectivity index (χ4n) is 2.26. The zero-order valence-electron chi connectivity index (χ0n) is 6.79. The van der Waals surface area contributed by atoms with Gasteiger partial charge in [0.15, 0.2) is 0 Å². The molecule has 0 radical (unpaired) electrons. The van der Waals surface area contributed by atoms with Crippen LogP contribution in [-0.4, -0.2) is 30.4 Å². The molecule has 1 aliphatic heterocycles. The summed E-state index contributed by atoms with van der Waals surface area (Å²) in [6.07, 6.45) is 0. The Hall–Kier alpha value is -0.570. The molecule has 2 rings (SSSR count). The first kappa shape index (κ1) is 7.10. The van der Waals surface area contributed by atoms with Gasteiger partial charge in [0.2, 0.25) is 5.91 Å². The number of fused-ring (bicyclic) bond motifs is 1. The standard InChI is InChI=1S/C8H14N2O/c1-5(11)10-3-7-6(2-9)8(7)4-10/h6-8H,2-4,9H2,1H3. The molecule has 1 saturated heterocycles. The van der Waals surface area contributed by atoms with Crippen LogP contribution in [0.15, 0.2) is 0 Å². The van der Waals surface area contributed by atoms with Gasteiger partial charge in [-0.05, 0) is 24.3 Å². The Balaban J connectivity index is 1.89. The highest BCUT2D eigenvalue weighted by molar-refractivity contribution is 5.73. The summed E-state index contributed by atoms with van der Waals surface area (Å²) >= 11 is 0. The van der Waals surface area contributed by atoms with E-state index in [-0.39, 0.29) is 5.91 Å². The van der Waals surface area contributed by atoms with E-state index in [2.05, 4.69) is 0 Å². The molecule has 2 atom stereocenters. The van der Waals surface area contributed by atoms with Gasteiger partial charge in [0.1, 0.15) is 0 Å². The molecule has 0 aromatic rings. The van der Waals surface area contributed by atoms with Crippen LogP contribution in [0, 0.1) is 17.8 Å². The van der Waals surface area contributed by atoms with Crippen molar-refractivity contribution in [1.29, 1.82) is 0 Å². The smallest absolute Gasteiger partial charge is 0.219 e. The molecule has 62 valence electrons. The van der Waals surface area contributed by atoms with Crippen molar-refractivity contribution in [1.82, 2.24) is 4.90 Å². The van der Waals surface area contributed by atoms with Gasteiger partial charge in [0, 0.05) is 20.0 Å². The Kier molecular flexibility index (Phi) is 1.42. The van der Waals surface area contributed by atoms with Crippen LogP contribution in [0.3, 0.4) is 0 Å². The normalized spacial score (nSPS) is 40.5. The highest BCUT2D eigenvalue weighted by atomic mass is 16.2. The van der Waals surface area contributed by atoms with Crippen molar-refractivity contribution in [3.8, 4) is 0 Å². The zero-order valence-corrected chi connectivity index (χ0v) is 6.79. The average molecular weight is 154 g/mol. The molecule has 11 heavy (non-hydrogen) atoms. The van der Waals surface area contributed by atoms with Crippen molar-refractivity contribution in [2.75, 3.05) is 19.6 Å². The van der Waals surface area contributed by atoms with Gasteiger partial charge in [-0.25, -0.2) is 0 Å². The van der Waals surface area contributed by atoms with Gasteiger partial charge < -0.3 is 10.6 Å². The Bertz CT molecular complexity index is 181. The number of piperidine rings is 1. The lowest BCUT2D eigenvalue weighted by Crippen LogP contribution is -2.30. The topological polar surface area (TPSA) is 46.3 Å². The molecule has 2 N–H and O–H groups in total. The van der Waals surface area contributed by atoms with E-state index in [0.717, 1.165) is 37.4 Å². The minimum Gasteiger partial charge on any atom is -0.342 e. The summed E-state index contributed by atoms with van der Waals surface area (Å²) < 4.78 is 0. The van der Waals surface area contributed by atoms with Gasteiger partial charge in [-0.1, -0.05) is 0 Å². The maximum atomic E-state index is 10.9. The lowest BCUT2D eigenvalue weighted by molar-refractivity contribution is -0.128. The molecule has 2 unspecified atom stereocenters. The van der Waals surface area contributed by atoms with Crippen molar-refractivity contribution in [2.24, 2.45) is 23.5 Å². The van der Waals surface area contributed by atoms with E-state index in [4.69, 9.17) is 5.73 Å². The molecule has 1 amide bonds. The number of likely N-dealkylation sites (tertiary alicyclic amines) is 1. The van der Waals surface area contributed by atoms with E-state index in [1.54, 1.807) is 6.92 Å². The van der Waals surface area contributed by atoms with Gasteiger partial charge in [0.05, 0.1) is 0 Å². The van der Waals surface area contributed by atoms with Crippen LogP contribution in [0.5, 0.6) is 0 Å². The average Bonchev–Trinajstić information content (AvgIpc) is 2.41. The Morgan fingerprint density at radius 3 is 2.45 bits per heavy atom. The van der Waals surface area contributed by atoms with Crippen LogP contribution < -0.4 is 5.73 Å². The summed E-state index contributed by atoms with van der Waals surface area (Å²) in [7, 11) is 0. The molecule has 1 saturated carbocycles. The number of amides is 1. The van der Waals surface area contributed by atoms with Crippen molar-refractivity contribution in [3.63, 3.8) is 0 Å². The second kappa shape index (κ2) is 2.21. The number of hydrogen-bond acceptors (Lipinski definition) is 2. The minimum absolute atomic E-state index is 0.216. The third-order valence-electron chi connectivity index (χ3n) is 3.09. The highest BCUT2D eigenvalue weighted by Gasteiger charge is 2.55. The van der Waals surface area contributed by atoms with E-state index < -0.39 is 0 Å². The number of hydrogen-bond donors (Lipinski definition) is 1. The lowest BCUT2D eigenvalue weighted by Gasteiger charge is -2.16. The summed E-state index contributed by atoms with van der Waals surface area (Å²) in [5.74, 6) is 2.42. The largest absolute Gasteiger partial charge is 0.342 e. The van der Waals surface area contributed by atoms with Crippen molar-refractivity contribution in [2.45, 2.75) is 6.92 Å². The summed E-state index contributed by atoms with van der Waals surface area (Å²) in [5, 5.41) is 0. The van der Waals surface area contributed by atoms with E-state index in [1.165, 1.54) is 0 Å². The van der Waals surface area contributed by atoms with E-state index in [1.807, 2.05) is 4.90 Å². The maximum absolute atomic E-state index is 10.9. The molecule has 3 nitrogen and oxygen atoms in total. The third-order valence-corrected chi connectivity index (χ3v) is 3.09. The Morgan fingerprint density at radius 2 is 2.09 bits per heavy atom. The molecule has 0 spiro atoms. The Labute approximate surface area is 66.5 Å². The van der Waals surface area contributed by atoms with Gasteiger partial charge in [-0.15, -0.1) is 0 Å². The monoisotopic (exact) mass is 154 g/mol. The van der Waals surface area contributed by atoms with Crippen LogP contribution in [0.25, 0.3) is 0 Å². The molecule has 2 fully saturated rings. The van der Waals surface area contributed by atoms with Crippen LogP contribution in [0.1, 0.15) is 6.92 Å². The SMILES string of the molecule is CC(=O)N1CC2C(CN)C2C1. The molecule has 0 bridgehead atoms. The fraction of sp³-hybridized carbons (Fsp3) is 0.875. The number of rotatable bonds is 1. The summed E-state index contributed by atoms with van der Waals surface area (Å²) in [6, 6.07) is 0. The summed E-state index contributed by atoms with van der Waals surface area (Å²) in [4.78, 5) is 12.8. The summed E-state index contributed by atoms with van der Waals surface area (Å²) in [5.41, 5.74) is 5.54. The predicted octanol–water partition coefficient (Wildman–Crippen LogP) is -0.331. The molecular weight excluding hydrogens is 140 g/mol. The maximum Gasteiger partial charge on any atom is 0.219 e.